The van der Waals surface area contributed by atoms with Gasteiger partial charge < -0.3 is 9.47 Å². The molecule has 1 aromatic carbocycles. The normalized spacial score (nSPS) is 29.5. The van der Waals surface area contributed by atoms with Crippen LogP contribution in [0, 0.1) is 5.82 Å². The van der Waals surface area contributed by atoms with Crippen molar-refractivity contribution in [2.45, 2.75) is 25.0 Å². The van der Waals surface area contributed by atoms with Crippen LogP contribution in [0.3, 0.4) is 0 Å². The summed E-state index contributed by atoms with van der Waals surface area (Å²) in [6, 6.07) is 4.71. The molecule has 0 amide bonds. The molecular weight excluding hydrogens is 211 g/mol. The number of benzene rings is 1. The highest BCUT2D eigenvalue weighted by atomic mass is 19.1. The average Bonchev–Trinajstić information content (AvgIpc) is 2.83. The van der Waals surface area contributed by atoms with Crippen molar-refractivity contribution in [3.05, 3.63) is 35.1 Å². The van der Waals surface area contributed by atoms with Gasteiger partial charge in [-0.2, -0.15) is 0 Å². The number of carbonyl (C=O) groups excluding carboxylic acids is 1. The van der Waals surface area contributed by atoms with Crippen LogP contribution in [-0.4, -0.2) is 18.2 Å². The highest BCUT2D eigenvalue weighted by Gasteiger charge is 2.63. The van der Waals surface area contributed by atoms with Gasteiger partial charge in [-0.25, -0.2) is 4.39 Å². The monoisotopic (exact) mass is 222 g/mol. The third-order valence-electron chi connectivity index (χ3n) is 3.17. The number of hydrogen-bond donors (Lipinski definition) is 0. The minimum absolute atomic E-state index is 0.0255. The topological polar surface area (TPSA) is 38.8 Å². The first-order valence-corrected chi connectivity index (χ1v) is 5.20. The van der Waals surface area contributed by atoms with Crippen molar-refractivity contribution < 1.29 is 18.7 Å². The van der Waals surface area contributed by atoms with Crippen molar-refractivity contribution in [3.63, 3.8) is 0 Å². The quantitative estimate of drug-likeness (QED) is 0.565. The summed E-state index contributed by atoms with van der Waals surface area (Å²) in [6.07, 6.45) is 0.598. The summed E-state index contributed by atoms with van der Waals surface area (Å²) >= 11 is 0. The molecule has 3 rings (SSSR count). The van der Waals surface area contributed by atoms with Crippen molar-refractivity contribution >= 4 is 5.97 Å². The lowest BCUT2D eigenvalue weighted by Gasteiger charge is -2.08. The number of fused-ring (bicyclic) bond motifs is 3. The van der Waals surface area contributed by atoms with Gasteiger partial charge in [0.2, 0.25) is 0 Å². The molecule has 0 radical (unpaired) electrons. The van der Waals surface area contributed by atoms with Gasteiger partial charge in [0.15, 0.2) is 0 Å². The van der Waals surface area contributed by atoms with Gasteiger partial charge in [-0.1, -0.05) is 6.07 Å². The molecule has 84 valence electrons. The maximum Gasteiger partial charge on any atom is 0.302 e. The van der Waals surface area contributed by atoms with Crippen LogP contribution in [-0.2, 0) is 20.7 Å². The lowest BCUT2D eigenvalue weighted by Crippen LogP contribution is -2.21. The van der Waals surface area contributed by atoms with Crippen LogP contribution >= 0.6 is 0 Å². The molecule has 1 aliphatic heterocycles. The van der Waals surface area contributed by atoms with E-state index in [0.717, 1.165) is 11.1 Å². The summed E-state index contributed by atoms with van der Waals surface area (Å²) in [5.74, 6) is -0.548. The number of esters is 1. The Bertz CT molecular complexity index is 471. The molecule has 3 nitrogen and oxygen atoms in total. The number of rotatable bonds is 2. The van der Waals surface area contributed by atoms with Gasteiger partial charge >= 0.3 is 5.97 Å². The molecule has 1 heterocycles. The predicted octanol–water partition coefficient (Wildman–Crippen LogP) is 1.75. The summed E-state index contributed by atoms with van der Waals surface area (Å²) in [7, 11) is 0. The van der Waals surface area contributed by atoms with Crippen LogP contribution in [0.5, 0.6) is 0 Å². The SMILES string of the molecule is CC(=O)OC[C@]12Cc3cc(F)ccc3[C@H]1O2. The molecule has 0 N–H and O–H groups in total. The molecule has 0 unspecified atom stereocenters. The van der Waals surface area contributed by atoms with Gasteiger partial charge in [0.25, 0.3) is 0 Å². The van der Waals surface area contributed by atoms with E-state index in [1.165, 1.54) is 19.1 Å². The zero-order valence-corrected chi connectivity index (χ0v) is 8.83. The smallest absolute Gasteiger partial charge is 0.302 e. The van der Waals surface area contributed by atoms with Gasteiger partial charge in [0, 0.05) is 13.3 Å². The number of epoxide rings is 1. The first kappa shape index (κ1) is 9.78. The van der Waals surface area contributed by atoms with Crippen LogP contribution in [0.1, 0.15) is 24.2 Å². The molecule has 0 saturated carbocycles. The minimum atomic E-state index is -0.415. The zero-order valence-electron chi connectivity index (χ0n) is 8.83. The van der Waals surface area contributed by atoms with Gasteiger partial charge in [-0.05, 0) is 23.3 Å². The molecule has 4 heteroatoms. The number of carbonyl (C=O) groups is 1. The first-order valence-electron chi connectivity index (χ1n) is 5.20. The van der Waals surface area contributed by atoms with E-state index in [-0.39, 0.29) is 24.5 Å². The highest BCUT2D eigenvalue weighted by molar-refractivity contribution is 5.66. The van der Waals surface area contributed by atoms with E-state index >= 15 is 0 Å². The van der Waals surface area contributed by atoms with E-state index in [1.807, 2.05) is 0 Å². The average molecular weight is 222 g/mol. The third-order valence-corrected chi connectivity index (χ3v) is 3.17. The molecular formula is C12H11FO3. The van der Waals surface area contributed by atoms with Crippen molar-refractivity contribution in [2.75, 3.05) is 6.61 Å². The third kappa shape index (κ3) is 1.33. The Morgan fingerprint density at radius 2 is 2.50 bits per heavy atom. The van der Waals surface area contributed by atoms with Crippen molar-refractivity contribution in [1.29, 1.82) is 0 Å². The van der Waals surface area contributed by atoms with Crippen LogP contribution in [0.25, 0.3) is 0 Å². The van der Waals surface area contributed by atoms with E-state index in [1.54, 1.807) is 6.07 Å². The Morgan fingerprint density at radius 3 is 3.25 bits per heavy atom. The Kier molecular flexibility index (Phi) is 1.86. The van der Waals surface area contributed by atoms with E-state index < -0.39 is 5.60 Å². The molecule has 0 bridgehead atoms. The van der Waals surface area contributed by atoms with Crippen molar-refractivity contribution in [2.24, 2.45) is 0 Å². The number of hydrogen-bond acceptors (Lipinski definition) is 3. The maximum atomic E-state index is 13.0. The molecule has 2 atom stereocenters. The fourth-order valence-corrected chi connectivity index (χ4v) is 2.37. The van der Waals surface area contributed by atoms with Crippen LogP contribution in [0.2, 0.25) is 0 Å². The van der Waals surface area contributed by atoms with E-state index in [0.29, 0.717) is 6.42 Å². The first-order chi connectivity index (χ1) is 7.61. The number of ether oxygens (including phenoxy) is 2. The second-order valence-electron chi connectivity index (χ2n) is 4.36. The van der Waals surface area contributed by atoms with E-state index in [4.69, 9.17) is 9.47 Å². The Balaban J connectivity index is 1.81. The lowest BCUT2D eigenvalue weighted by molar-refractivity contribution is -0.142. The van der Waals surface area contributed by atoms with Crippen LogP contribution in [0.4, 0.5) is 4.39 Å². The standard InChI is InChI=1S/C12H11FO3/c1-7(14)15-6-12-5-8-4-9(13)2-3-10(8)11(12)16-12/h2-4,11H,5-6H2,1H3/t11-,12-/m1/s1. The van der Waals surface area contributed by atoms with Gasteiger partial charge in [-0.15, -0.1) is 0 Å². The summed E-state index contributed by atoms with van der Waals surface area (Å²) in [5.41, 5.74) is 1.57. The van der Waals surface area contributed by atoms with Gasteiger partial charge in [-0.3, -0.25) is 4.79 Å². The molecule has 0 spiro atoms. The van der Waals surface area contributed by atoms with Gasteiger partial charge in [0.1, 0.15) is 24.1 Å². The number of halogens is 1. The second-order valence-corrected chi connectivity index (χ2v) is 4.36. The minimum Gasteiger partial charge on any atom is -0.463 e. The zero-order chi connectivity index (χ0) is 11.3. The molecule has 1 aliphatic carbocycles. The summed E-state index contributed by atoms with van der Waals surface area (Å²) in [4.78, 5) is 10.8. The van der Waals surface area contributed by atoms with Crippen molar-refractivity contribution in [1.82, 2.24) is 0 Å². The molecule has 2 aliphatic rings. The molecule has 16 heavy (non-hydrogen) atoms. The largest absolute Gasteiger partial charge is 0.463 e. The lowest BCUT2D eigenvalue weighted by atomic mass is 10.1. The Labute approximate surface area is 92.2 Å². The fourth-order valence-electron chi connectivity index (χ4n) is 2.37. The fraction of sp³-hybridized carbons (Fsp3) is 0.417. The Morgan fingerprint density at radius 1 is 1.69 bits per heavy atom. The molecule has 0 aromatic heterocycles. The Hall–Kier alpha value is -1.42. The summed E-state index contributed by atoms with van der Waals surface area (Å²) in [5, 5.41) is 0. The van der Waals surface area contributed by atoms with Crippen LogP contribution in [0.15, 0.2) is 18.2 Å². The predicted molar refractivity (Wildman–Crippen MR) is 53.3 cm³/mol. The molecule has 1 saturated heterocycles. The summed E-state index contributed by atoms with van der Waals surface area (Å²) in [6.45, 7) is 1.62. The van der Waals surface area contributed by atoms with Crippen molar-refractivity contribution in [3.8, 4) is 0 Å². The van der Waals surface area contributed by atoms with E-state index in [2.05, 4.69) is 0 Å². The summed E-state index contributed by atoms with van der Waals surface area (Å²) < 4.78 is 23.5. The van der Waals surface area contributed by atoms with Crippen LogP contribution < -0.4 is 0 Å². The molecule has 1 fully saturated rings. The second kappa shape index (κ2) is 3.04. The maximum absolute atomic E-state index is 13.0. The van der Waals surface area contributed by atoms with Gasteiger partial charge in [0.05, 0.1) is 0 Å². The van der Waals surface area contributed by atoms with E-state index in [9.17, 15) is 9.18 Å². The molecule has 1 aromatic rings. The highest BCUT2D eigenvalue weighted by Crippen LogP contribution is 2.58.